The summed E-state index contributed by atoms with van der Waals surface area (Å²) in [5.41, 5.74) is 5.14. The molecule has 0 spiro atoms. The fourth-order valence-corrected chi connectivity index (χ4v) is 4.33. The Labute approximate surface area is 202 Å². The number of esters is 1. The Morgan fingerprint density at radius 1 is 1.11 bits per heavy atom. The van der Waals surface area contributed by atoms with Gasteiger partial charge in [-0.2, -0.15) is 0 Å². The van der Waals surface area contributed by atoms with Gasteiger partial charge in [0, 0.05) is 13.0 Å². The van der Waals surface area contributed by atoms with Crippen LogP contribution in [0.1, 0.15) is 48.2 Å². The summed E-state index contributed by atoms with van der Waals surface area (Å²) in [6, 6.07) is 16.1. The van der Waals surface area contributed by atoms with Crippen molar-refractivity contribution >= 4 is 23.4 Å². The zero-order valence-electron chi connectivity index (χ0n) is 19.7. The highest BCUT2D eigenvalue weighted by molar-refractivity contribution is 6.04. The number of anilines is 2. The minimum atomic E-state index is -1.54. The average Bonchev–Trinajstić information content (AvgIpc) is 2.84. The van der Waals surface area contributed by atoms with E-state index in [-0.39, 0.29) is 31.0 Å². The number of nitrogen functional groups attached to an aromatic ring is 1. The fraction of sp³-hybridized carbons (Fsp3) is 0.308. The average molecular weight is 477 g/mol. The number of ether oxygens (including phenoxy) is 1. The van der Waals surface area contributed by atoms with Crippen LogP contribution in [0.15, 0.2) is 64.2 Å². The first-order valence-corrected chi connectivity index (χ1v) is 11.5. The van der Waals surface area contributed by atoms with E-state index >= 15 is 0 Å². The van der Waals surface area contributed by atoms with E-state index in [2.05, 4.69) is 4.98 Å². The van der Waals surface area contributed by atoms with Crippen molar-refractivity contribution in [2.45, 2.75) is 45.3 Å². The van der Waals surface area contributed by atoms with Crippen molar-refractivity contribution in [1.82, 2.24) is 9.55 Å². The summed E-state index contributed by atoms with van der Waals surface area (Å²) in [7, 11) is 0. The highest BCUT2D eigenvalue weighted by Gasteiger charge is 2.46. The Morgan fingerprint density at radius 2 is 1.80 bits per heavy atom. The number of aromatic nitrogens is 2. The van der Waals surface area contributed by atoms with Crippen LogP contribution < -0.4 is 21.9 Å². The van der Waals surface area contributed by atoms with Crippen molar-refractivity contribution in [3.05, 3.63) is 92.1 Å². The lowest BCUT2D eigenvalue weighted by Crippen LogP contribution is -2.55. The number of carbonyl (C=O) groups excluding carboxylic acids is 2. The van der Waals surface area contributed by atoms with Crippen LogP contribution in [0.2, 0.25) is 0 Å². The van der Waals surface area contributed by atoms with Crippen molar-refractivity contribution < 1.29 is 14.3 Å². The Hall–Kier alpha value is -4.14. The van der Waals surface area contributed by atoms with Gasteiger partial charge in [-0.05, 0) is 30.5 Å². The number of amides is 1. The minimum Gasteiger partial charge on any atom is -0.445 e. The Bertz CT molecular complexity index is 1380. The van der Waals surface area contributed by atoms with E-state index < -0.39 is 28.7 Å². The number of aromatic amines is 1. The van der Waals surface area contributed by atoms with E-state index in [0.29, 0.717) is 17.5 Å². The molecule has 1 amide bonds. The highest BCUT2D eigenvalue weighted by Crippen LogP contribution is 2.32. The van der Waals surface area contributed by atoms with Gasteiger partial charge in [0.2, 0.25) is 0 Å². The second kappa shape index (κ2) is 9.61. The quantitative estimate of drug-likeness (QED) is 0.504. The molecule has 1 aliphatic heterocycles. The van der Waals surface area contributed by atoms with Gasteiger partial charge < -0.3 is 15.4 Å². The number of hydrogen-bond donors (Lipinski definition) is 2. The van der Waals surface area contributed by atoms with Crippen LogP contribution in [0.3, 0.4) is 0 Å². The number of fused-ring (bicyclic) bond motifs is 1. The molecule has 0 saturated heterocycles. The Kier molecular flexibility index (Phi) is 6.59. The van der Waals surface area contributed by atoms with E-state index in [0.717, 1.165) is 12.0 Å². The van der Waals surface area contributed by atoms with Crippen LogP contribution in [0.4, 0.5) is 11.5 Å². The third-order valence-corrected chi connectivity index (χ3v) is 6.18. The molecule has 4 rings (SSSR count). The SMILES string of the molecule is CCCCN(C(=O)C1(C)Cc2ccccc2C(=O)O1)c1c(N)n(Cc2ccccc2)c(=O)[nH]c1=O. The molecular weight excluding hydrogens is 448 g/mol. The van der Waals surface area contributed by atoms with E-state index in [4.69, 9.17) is 10.5 Å². The molecule has 1 aromatic heterocycles. The lowest BCUT2D eigenvalue weighted by Gasteiger charge is -2.37. The Balaban J connectivity index is 1.78. The van der Waals surface area contributed by atoms with Gasteiger partial charge in [-0.1, -0.05) is 61.9 Å². The van der Waals surface area contributed by atoms with Crippen LogP contribution in [-0.4, -0.2) is 33.6 Å². The van der Waals surface area contributed by atoms with Gasteiger partial charge in [0.05, 0.1) is 12.1 Å². The van der Waals surface area contributed by atoms with E-state index in [1.165, 1.54) is 16.4 Å². The molecule has 35 heavy (non-hydrogen) atoms. The number of rotatable bonds is 7. The van der Waals surface area contributed by atoms with Crippen LogP contribution in [0.5, 0.6) is 0 Å². The number of unbranched alkanes of at least 4 members (excludes halogenated alkanes) is 1. The first kappa shape index (κ1) is 24.0. The zero-order chi connectivity index (χ0) is 25.2. The lowest BCUT2D eigenvalue weighted by molar-refractivity contribution is -0.136. The van der Waals surface area contributed by atoms with Crippen molar-refractivity contribution in [2.24, 2.45) is 0 Å². The Morgan fingerprint density at radius 3 is 2.51 bits per heavy atom. The maximum atomic E-state index is 13.9. The molecule has 0 aliphatic carbocycles. The number of benzene rings is 2. The van der Waals surface area contributed by atoms with Gasteiger partial charge in [-0.25, -0.2) is 9.59 Å². The summed E-state index contributed by atoms with van der Waals surface area (Å²) in [6.07, 6.45) is 1.46. The summed E-state index contributed by atoms with van der Waals surface area (Å²) >= 11 is 0. The molecule has 1 aliphatic rings. The molecule has 2 aromatic carbocycles. The topological polar surface area (TPSA) is 127 Å². The van der Waals surface area contributed by atoms with Crippen molar-refractivity contribution in [3.63, 3.8) is 0 Å². The number of nitrogens with one attached hydrogen (secondary N) is 1. The molecule has 3 N–H and O–H groups in total. The summed E-state index contributed by atoms with van der Waals surface area (Å²) in [4.78, 5) is 55.7. The van der Waals surface area contributed by atoms with E-state index in [1.54, 1.807) is 24.3 Å². The van der Waals surface area contributed by atoms with Crippen molar-refractivity contribution in [1.29, 1.82) is 0 Å². The monoisotopic (exact) mass is 476 g/mol. The normalized spacial score (nSPS) is 16.9. The molecule has 9 nitrogen and oxygen atoms in total. The van der Waals surface area contributed by atoms with E-state index in [9.17, 15) is 19.2 Å². The van der Waals surface area contributed by atoms with Gasteiger partial charge in [0.1, 0.15) is 5.82 Å². The van der Waals surface area contributed by atoms with Crippen LogP contribution >= 0.6 is 0 Å². The molecule has 0 radical (unpaired) electrons. The molecule has 1 unspecified atom stereocenters. The third-order valence-electron chi connectivity index (χ3n) is 6.18. The van der Waals surface area contributed by atoms with E-state index in [1.807, 2.05) is 37.3 Å². The fourth-order valence-electron chi connectivity index (χ4n) is 4.33. The second-order valence-electron chi connectivity index (χ2n) is 8.83. The van der Waals surface area contributed by atoms with Crippen LogP contribution in [0.25, 0.3) is 0 Å². The maximum Gasteiger partial charge on any atom is 0.339 e. The van der Waals surface area contributed by atoms with Gasteiger partial charge in [-0.3, -0.25) is 19.1 Å². The summed E-state index contributed by atoms with van der Waals surface area (Å²) in [5, 5.41) is 0. The largest absolute Gasteiger partial charge is 0.445 e. The van der Waals surface area contributed by atoms with Gasteiger partial charge >= 0.3 is 11.7 Å². The van der Waals surface area contributed by atoms with Crippen molar-refractivity contribution in [2.75, 3.05) is 17.2 Å². The number of cyclic esters (lactones) is 1. The van der Waals surface area contributed by atoms with Gasteiger partial charge in [0.15, 0.2) is 11.3 Å². The molecule has 1 atom stereocenters. The molecule has 182 valence electrons. The number of H-pyrrole nitrogens is 1. The highest BCUT2D eigenvalue weighted by atomic mass is 16.6. The predicted molar refractivity (Wildman–Crippen MR) is 133 cm³/mol. The first-order valence-electron chi connectivity index (χ1n) is 11.5. The number of nitrogens with two attached hydrogens (primary N) is 1. The number of nitrogens with zero attached hydrogens (tertiary/aromatic N) is 2. The molecule has 2 heterocycles. The lowest BCUT2D eigenvalue weighted by atomic mass is 9.88. The number of carbonyl (C=O) groups is 2. The first-order chi connectivity index (χ1) is 16.7. The smallest absolute Gasteiger partial charge is 0.339 e. The molecule has 0 bridgehead atoms. The standard InChI is InChI=1S/C26H28N4O5/c1-3-4-14-29(24(33)26(2)15-18-12-8-9-13-19(18)23(32)35-26)20-21(27)30(25(34)28-22(20)31)16-17-10-6-5-7-11-17/h5-13H,3-4,14-16,27H2,1-2H3,(H,28,31,34). The summed E-state index contributed by atoms with van der Waals surface area (Å²) in [6.45, 7) is 3.77. The third kappa shape index (κ3) is 4.62. The number of hydrogen-bond acceptors (Lipinski definition) is 6. The van der Waals surface area contributed by atoms with Crippen molar-refractivity contribution in [3.8, 4) is 0 Å². The van der Waals surface area contributed by atoms with Crippen LogP contribution in [0, 0.1) is 0 Å². The summed E-state index contributed by atoms with van der Waals surface area (Å²) in [5.74, 6) is -1.30. The maximum absolute atomic E-state index is 13.9. The van der Waals surface area contributed by atoms with Crippen LogP contribution in [-0.2, 0) is 22.5 Å². The van der Waals surface area contributed by atoms with Gasteiger partial charge in [0.25, 0.3) is 11.5 Å². The molecular formula is C26H28N4O5. The molecule has 3 aromatic rings. The predicted octanol–water partition coefficient (Wildman–Crippen LogP) is 2.47. The van der Waals surface area contributed by atoms with Gasteiger partial charge in [-0.15, -0.1) is 0 Å². The second-order valence-corrected chi connectivity index (χ2v) is 8.83. The molecule has 0 saturated carbocycles. The summed E-state index contributed by atoms with van der Waals surface area (Å²) < 4.78 is 6.85. The minimum absolute atomic E-state index is 0.116. The zero-order valence-corrected chi connectivity index (χ0v) is 19.7. The molecule has 0 fully saturated rings. The molecule has 9 heteroatoms.